The zero-order chi connectivity index (χ0) is 11.5. The lowest BCUT2D eigenvalue weighted by Crippen LogP contribution is -2.48. The van der Waals surface area contributed by atoms with Crippen molar-refractivity contribution in [2.75, 3.05) is 0 Å². The molecule has 0 aliphatic heterocycles. The van der Waals surface area contributed by atoms with Crippen LogP contribution in [0.5, 0.6) is 0 Å². The maximum atomic E-state index is 12.2. The van der Waals surface area contributed by atoms with E-state index in [0.29, 0.717) is 0 Å². The summed E-state index contributed by atoms with van der Waals surface area (Å²) in [7, 11) is 0. The van der Waals surface area contributed by atoms with Gasteiger partial charge in [-0.1, -0.05) is 11.8 Å². The summed E-state index contributed by atoms with van der Waals surface area (Å²) < 4.78 is 36.5. The first-order chi connectivity index (χ1) is 6.16. The summed E-state index contributed by atoms with van der Waals surface area (Å²) >= 11 is -0.127. The molecular formula is C5H8F3N3O2S. The van der Waals surface area contributed by atoms with Crippen LogP contribution in [0.15, 0.2) is 0 Å². The lowest BCUT2D eigenvalue weighted by Gasteiger charge is -2.21. The van der Waals surface area contributed by atoms with Gasteiger partial charge >= 0.3 is 12.1 Å². The monoisotopic (exact) mass is 231 g/mol. The molecule has 82 valence electrons. The fourth-order valence-corrected chi connectivity index (χ4v) is 1.28. The molecule has 2 atom stereocenters. The van der Waals surface area contributed by atoms with E-state index >= 15 is 0 Å². The fraction of sp³-hybridized carbons (Fsp3) is 0.600. The third-order valence-electron chi connectivity index (χ3n) is 1.19. The molecule has 0 spiro atoms. The first kappa shape index (κ1) is 13.0. The van der Waals surface area contributed by atoms with Crippen molar-refractivity contribution >= 4 is 22.9 Å². The van der Waals surface area contributed by atoms with Crippen molar-refractivity contribution in [2.45, 2.75) is 17.5 Å². The molecule has 0 heterocycles. The molecule has 0 aliphatic carbocycles. The van der Waals surface area contributed by atoms with Crippen molar-refractivity contribution in [1.29, 1.82) is 5.41 Å². The maximum Gasteiger partial charge on any atom is 0.403 e. The van der Waals surface area contributed by atoms with Gasteiger partial charge in [0.15, 0.2) is 5.17 Å². The number of carboxylic acid groups (broad SMARTS) is 1. The van der Waals surface area contributed by atoms with E-state index in [2.05, 4.69) is 0 Å². The van der Waals surface area contributed by atoms with E-state index in [1.807, 2.05) is 0 Å². The maximum absolute atomic E-state index is 12.2. The number of nitrogens with two attached hydrogens (primary N) is 2. The standard InChI is InChI=1S/C5H8F3N3O2S/c6-5(7,8)2(14-4(10)11)1(9)3(12)13/h1-2H,9H2,(H3,10,11)(H,12,13). The van der Waals surface area contributed by atoms with Crippen LogP contribution < -0.4 is 11.5 Å². The second-order valence-electron chi connectivity index (χ2n) is 2.31. The molecule has 5 nitrogen and oxygen atoms in total. The summed E-state index contributed by atoms with van der Waals surface area (Å²) in [6.07, 6.45) is -4.81. The van der Waals surface area contributed by atoms with Crippen molar-refractivity contribution in [2.24, 2.45) is 11.5 Å². The van der Waals surface area contributed by atoms with E-state index < -0.39 is 28.6 Å². The van der Waals surface area contributed by atoms with Gasteiger partial charge in [0.25, 0.3) is 0 Å². The van der Waals surface area contributed by atoms with Gasteiger partial charge < -0.3 is 16.6 Å². The number of rotatable bonds is 3. The Morgan fingerprint density at radius 3 is 2.14 bits per heavy atom. The number of carbonyl (C=O) groups is 1. The van der Waals surface area contributed by atoms with Gasteiger partial charge in [-0.15, -0.1) is 0 Å². The molecule has 0 fully saturated rings. The Balaban J connectivity index is 4.73. The van der Waals surface area contributed by atoms with Crippen LogP contribution in [-0.4, -0.2) is 33.7 Å². The van der Waals surface area contributed by atoms with Crippen LogP contribution in [0.2, 0.25) is 0 Å². The normalized spacial score (nSPS) is 16.0. The second-order valence-corrected chi connectivity index (χ2v) is 3.49. The van der Waals surface area contributed by atoms with Crippen molar-refractivity contribution in [1.82, 2.24) is 0 Å². The third kappa shape index (κ3) is 3.83. The number of nitrogens with one attached hydrogen (secondary N) is 1. The summed E-state index contributed by atoms with van der Waals surface area (Å²) in [5, 5.41) is 11.7. The van der Waals surface area contributed by atoms with E-state index in [4.69, 9.17) is 22.0 Å². The van der Waals surface area contributed by atoms with Crippen LogP contribution in [0.1, 0.15) is 0 Å². The number of aliphatic carboxylic acids is 1. The molecular weight excluding hydrogens is 223 g/mol. The van der Waals surface area contributed by atoms with Gasteiger partial charge in [-0.3, -0.25) is 10.2 Å². The molecule has 0 amide bonds. The Hall–Kier alpha value is -0.960. The second kappa shape index (κ2) is 4.51. The van der Waals surface area contributed by atoms with E-state index in [1.54, 1.807) is 0 Å². The lowest BCUT2D eigenvalue weighted by molar-refractivity contribution is -0.152. The predicted octanol–water partition coefficient (Wildman–Crippen LogP) is -0.0441. The van der Waals surface area contributed by atoms with Crippen LogP contribution in [0.3, 0.4) is 0 Å². The number of halogens is 3. The molecule has 6 N–H and O–H groups in total. The first-order valence-corrected chi connectivity index (χ1v) is 4.10. The molecule has 0 aromatic carbocycles. The van der Waals surface area contributed by atoms with Gasteiger partial charge in [0.2, 0.25) is 0 Å². The summed E-state index contributed by atoms with van der Waals surface area (Å²) in [4.78, 5) is 10.2. The van der Waals surface area contributed by atoms with Crippen LogP contribution in [0, 0.1) is 5.41 Å². The molecule has 0 saturated carbocycles. The number of hydrogen-bond acceptors (Lipinski definition) is 4. The SMILES string of the molecule is N=C(N)SC(C(N)C(=O)O)C(F)(F)F. The summed E-state index contributed by atoms with van der Waals surface area (Å²) in [5.74, 6) is -1.79. The minimum atomic E-state index is -4.81. The van der Waals surface area contributed by atoms with Crippen molar-refractivity contribution in [3.05, 3.63) is 0 Å². The van der Waals surface area contributed by atoms with Crippen LogP contribution in [-0.2, 0) is 4.79 Å². The zero-order valence-electron chi connectivity index (χ0n) is 6.71. The Morgan fingerprint density at radius 2 is 1.93 bits per heavy atom. The average Bonchev–Trinajstić information content (AvgIpc) is 1.96. The summed E-state index contributed by atoms with van der Waals surface area (Å²) in [5.41, 5.74) is 9.53. The first-order valence-electron chi connectivity index (χ1n) is 3.22. The van der Waals surface area contributed by atoms with E-state index in [0.717, 1.165) is 0 Å². The number of hydrogen-bond donors (Lipinski definition) is 4. The van der Waals surface area contributed by atoms with Gasteiger partial charge in [-0.2, -0.15) is 13.2 Å². The topological polar surface area (TPSA) is 113 Å². The number of amidine groups is 1. The van der Waals surface area contributed by atoms with Gasteiger partial charge in [-0.25, -0.2) is 0 Å². The Morgan fingerprint density at radius 1 is 1.50 bits per heavy atom. The average molecular weight is 231 g/mol. The van der Waals surface area contributed by atoms with Gasteiger partial charge in [-0.05, 0) is 0 Å². The van der Waals surface area contributed by atoms with Gasteiger partial charge in [0, 0.05) is 0 Å². The molecule has 0 aromatic heterocycles. The summed E-state index contributed by atoms with van der Waals surface area (Å²) in [6, 6.07) is -2.14. The Kier molecular flexibility index (Phi) is 4.20. The van der Waals surface area contributed by atoms with Gasteiger partial charge in [0.05, 0.1) is 0 Å². The third-order valence-corrected chi connectivity index (χ3v) is 2.26. The number of thioether (sulfide) groups is 1. The van der Waals surface area contributed by atoms with Crippen LogP contribution in [0.4, 0.5) is 13.2 Å². The van der Waals surface area contributed by atoms with Crippen LogP contribution in [0.25, 0.3) is 0 Å². The van der Waals surface area contributed by atoms with Crippen molar-refractivity contribution in [3.8, 4) is 0 Å². The fourth-order valence-electron chi connectivity index (χ4n) is 0.610. The minimum absolute atomic E-state index is 0.127. The predicted molar refractivity (Wildman–Crippen MR) is 45.0 cm³/mol. The minimum Gasteiger partial charge on any atom is -0.480 e. The molecule has 0 radical (unpaired) electrons. The highest BCUT2D eigenvalue weighted by atomic mass is 32.2. The quantitative estimate of drug-likeness (QED) is 0.402. The molecule has 0 rings (SSSR count). The van der Waals surface area contributed by atoms with Crippen LogP contribution >= 0.6 is 11.8 Å². The molecule has 14 heavy (non-hydrogen) atoms. The summed E-state index contributed by atoms with van der Waals surface area (Å²) in [6.45, 7) is 0. The van der Waals surface area contributed by atoms with E-state index in [9.17, 15) is 18.0 Å². The Labute approximate surface area is 81.1 Å². The van der Waals surface area contributed by atoms with Crippen molar-refractivity contribution in [3.63, 3.8) is 0 Å². The Bertz CT molecular complexity index is 245. The number of carboxylic acids is 1. The van der Waals surface area contributed by atoms with Gasteiger partial charge in [0.1, 0.15) is 11.3 Å². The highest BCUT2D eigenvalue weighted by Gasteiger charge is 2.47. The molecule has 0 aliphatic rings. The van der Waals surface area contributed by atoms with E-state index in [-0.39, 0.29) is 11.8 Å². The molecule has 0 saturated heterocycles. The smallest absolute Gasteiger partial charge is 0.403 e. The largest absolute Gasteiger partial charge is 0.480 e. The highest BCUT2D eigenvalue weighted by Crippen LogP contribution is 2.32. The highest BCUT2D eigenvalue weighted by molar-refractivity contribution is 8.14. The molecule has 9 heteroatoms. The van der Waals surface area contributed by atoms with E-state index in [1.165, 1.54) is 0 Å². The molecule has 2 unspecified atom stereocenters. The van der Waals surface area contributed by atoms with Crippen molar-refractivity contribution < 1.29 is 23.1 Å². The molecule has 0 bridgehead atoms. The molecule has 0 aromatic rings. The lowest BCUT2D eigenvalue weighted by atomic mass is 10.2. The number of alkyl halides is 3. The zero-order valence-corrected chi connectivity index (χ0v) is 7.52.